The van der Waals surface area contributed by atoms with Crippen molar-refractivity contribution in [2.75, 3.05) is 39.3 Å². The molecule has 26 heavy (non-hydrogen) atoms. The van der Waals surface area contributed by atoms with Crippen molar-refractivity contribution in [2.45, 2.75) is 24.7 Å². The summed E-state index contributed by atoms with van der Waals surface area (Å²) in [5.74, 6) is 0.643. The second-order valence-electron chi connectivity index (χ2n) is 6.94. The Morgan fingerprint density at radius 1 is 1.08 bits per heavy atom. The summed E-state index contributed by atoms with van der Waals surface area (Å²) >= 11 is 0. The van der Waals surface area contributed by atoms with Crippen LogP contribution >= 0.6 is 0 Å². The molecular formula is C18H25N3O4S. The van der Waals surface area contributed by atoms with E-state index in [-0.39, 0.29) is 29.7 Å². The minimum Gasteiger partial charge on any atom is -0.339 e. The van der Waals surface area contributed by atoms with Crippen LogP contribution in [0.2, 0.25) is 0 Å². The van der Waals surface area contributed by atoms with Gasteiger partial charge in [-0.2, -0.15) is 4.31 Å². The number of ketones is 1. The lowest BCUT2D eigenvalue weighted by Crippen LogP contribution is -2.52. The summed E-state index contributed by atoms with van der Waals surface area (Å²) in [5, 5.41) is 3.18. The highest BCUT2D eigenvalue weighted by Gasteiger charge is 2.30. The largest absolute Gasteiger partial charge is 0.339 e. The van der Waals surface area contributed by atoms with Crippen molar-refractivity contribution >= 4 is 21.7 Å². The van der Waals surface area contributed by atoms with E-state index < -0.39 is 10.0 Å². The summed E-state index contributed by atoms with van der Waals surface area (Å²) in [6, 6.07) is 5.98. The highest BCUT2D eigenvalue weighted by molar-refractivity contribution is 7.89. The molecule has 1 saturated carbocycles. The van der Waals surface area contributed by atoms with Crippen LogP contribution in [-0.2, 0) is 14.8 Å². The lowest BCUT2D eigenvalue weighted by Gasteiger charge is -2.34. The summed E-state index contributed by atoms with van der Waals surface area (Å²) in [6.07, 6.45) is 2.48. The van der Waals surface area contributed by atoms with E-state index in [0.717, 1.165) is 12.5 Å². The third-order valence-electron chi connectivity index (χ3n) is 4.90. The molecule has 8 heteroatoms. The Labute approximate surface area is 154 Å². The average Bonchev–Trinajstić information content (AvgIpc) is 3.46. The topological polar surface area (TPSA) is 86.8 Å². The van der Waals surface area contributed by atoms with Gasteiger partial charge in [0.1, 0.15) is 0 Å². The van der Waals surface area contributed by atoms with Gasteiger partial charge in [0.25, 0.3) is 0 Å². The van der Waals surface area contributed by atoms with Crippen molar-refractivity contribution in [1.82, 2.24) is 14.5 Å². The zero-order valence-corrected chi connectivity index (χ0v) is 15.8. The third-order valence-corrected chi connectivity index (χ3v) is 6.81. The fourth-order valence-electron chi connectivity index (χ4n) is 3.01. The molecule has 1 aliphatic carbocycles. The molecule has 1 N–H and O–H groups in total. The van der Waals surface area contributed by atoms with E-state index in [1.807, 2.05) is 0 Å². The molecule has 1 heterocycles. The van der Waals surface area contributed by atoms with E-state index in [1.54, 1.807) is 4.90 Å². The molecule has 0 aromatic heterocycles. The van der Waals surface area contributed by atoms with Crippen LogP contribution in [0.5, 0.6) is 0 Å². The van der Waals surface area contributed by atoms with Gasteiger partial charge in [-0.15, -0.1) is 0 Å². The number of benzene rings is 1. The van der Waals surface area contributed by atoms with Crippen LogP contribution in [0.1, 0.15) is 30.1 Å². The molecule has 0 unspecified atom stereocenters. The van der Waals surface area contributed by atoms with Crippen molar-refractivity contribution < 1.29 is 18.0 Å². The first-order valence-corrected chi connectivity index (χ1v) is 10.4. The maximum atomic E-state index is 12.7. The van der Waals surface area contributed by atoms with E-state index in [9.17, 15) is 18.0 Å². The Morgan fingerprint density at radius 3 is 2.23 bits per heavy atom. The molecule has 1 aromatic carbocycles. The molecule has 0 atom stereocenters. The van der Waals surface area contributed by atoms with Crippen LogP contribution in [0.15, 0.2) is 29.2 Å². The van der Waals surface area contributed by atoms with Crippen LogP contribution in [0.25, 0.3) is 0 Å². The predicted octanol–water partition coefficient (Wildman–Crippen LogP) is 0.722. The van der Waals surface area contributed by atoms with Gasteiger partial charge in [-0.25, -0.2) is 8.42 Å². The summed E-state index contributed by atoms with van der Waals surface area (Å²) in [7, 11) is -3.61. The fourth-order valence-corrected chi connectivity index (χ4v) is 4.43. The van der Waals surface area contributed by atoms with Gasteiger partial charge in [-0.3, -0.25) is 9.59 Å². The van der Waals surface area contributed by atoms with E-state index in [1.165, 1.54) is 48.3 Å². The Balaban J connectivity index is 1.54. The standard InChI is InChI=1S/C18H25N3O4S/c1-14(22)16-4-6-17(7-5-16)26(24,25)21-10-8-20(9-11-21)18(23)13-19-12-15-2-3-15/h4-7,15,19H,2-3,8-13H2,1H3. The number of carbonyl (C=O) groups is 2. The molecule has 1 aromatic rings. The molecule has 2 fully saturated rings. The number of Topliss-reactive ketones (excluding diaryl/α,β-unsaturated/α-hetero) is 1. The van der Waals surface area contributed by atoms with Gasteiger partial charge in [0.05, 0.1) is 11.4 Å². The molecule has 1 saturated heterocycles. The van der Waals surface area contributed by atoms with Gasteiger partial charge in [0.2, 0.25) is 15.9 Å². The first-order valence-electron chi connectivity index (χ1n) is 8.97. The van der Waals surface area contributed by atoms with Crippen molar-refractivity contribution in [3.05, 3.63) is 29.8 Å². The monoisotopic (exact) mass is 379 g/mol. The molecule has 1 amide bonds. The van der Waals surface area contributed by atoms with Crippen molar-refractivity contribution in [2.24, 2.45) is 5.92 Å². The molecular weight excluding hydrogens is 354 g/mol. The number of piperazine rings is 1. The lowest BCUT2D eigenvalue weighted by molar-refractivity contribution is -0.131. The zero-order chi connectivity index (χ0) is 18.7. The highest BCUT2D eigenvalue weighted by atomic mass is 32.2. The van der Waals surface area contributed by atoms with Crippen molar-refractivity contribution in [3.63, 3.8) is 0 Å². The normalized spacial score (nSPS) is 18.7. The number of nitrogens with zero attached hydrogens (tertiary/aromatic N) is 2. The lowest BCUT2D eigenvalue weighted by atomic mass is 10.2. The average molecular weight is 379 g/mol. The predicted molar refractivity (Wildman–Crippen MR) is 97.4 cm³/mol. The van der Waals surface area contributed by atoms with Gasteiger partial charge in [-0.05, 0) is 44.4 Å². The summed E-state index contributed by atoms with van der Waals surface area (Å²) in [6.45, 7) is 4.01. The number of amides is 1. The van der Waals surface area contributed by atoms with E-state index in [0.29, 0.717) is 25.2 Å². The van der Waals surface area contributed by atoms with E-state index in [2.05, 4.69) is 5.32 Å². The molecule has 0 spiro atoms. The van der Waals surface area contributed by atoms with Crippen LogP contribution < -0.4 is 5.32 Å². The minimum atomic E-state index is -3.61. The smallest absolute Gasteiger partial charge is 0.243 e. The number of hydrogen-bond acceptors (Lipinski definition) is 5. The van der Waals surface area contributed by atoms with E-state index in [4.69, 9.17) is 0 Å². The van der Waals surface area contributed by atoms with Crippen LogP contribution in [0.4, 0.5) is 0 Å². The highest BCUT2D eigenvalue weighted by Crippen LogP contribution is 2.27. The Kier molecular flexibility index (Phi) is 5.74. The Hall–Kier alpha value is -1.77. The number of hydrogen-bond donors (Lipinski definition) is 1. The van der Waals surface area contributed by atoms with Gasteiger partial charge < -0.3 is 10.2 Å². The second kappa shape index (κ2) is 7.85. The molecule has 0 bridgehead atoms. The Bertz CT molecular complexity index is 764. The quantitative estimate of drug-likeness (QED) is 0.706. The van der Waals surface area contributed by atoms with Crippen LogP contribution in [-0.4, -0.2) is 68.6 Å². The third kappa shape index (κ3) is 4.49. The molecule has 3 rings (SSSR count). The van der Waals surface area contributed by atoms with Crippen molar-refractivity contribution in [3.8, 4) is 0 Å². The van der Waals surface area contributed by atoms with Gasteiger partial charge >= 0.3 is 0 Å². The van der Waals surface area contributed by atoms with Gasteiger partial charge in [-0.1, -0.05) is 12.1 Å². The maximum Gasteiger partial charge on any atom is 0.243 e. The number of nitrogens with one attached hydrogen (secondary N) is 1. The summed E-state index contributed by atoms with van der Waals surface area (Å²) < 4.78 is 26.8. The van der Waals surface area contributed by atoms with Crippen molar-refractivity contribution in [1.29, 1.82) is 0 Å². The first kappa shape index (κ1) is 19.0. The van der Waals surface area contributed by atoms with Crippen LogP contribution in [0.3, 0.4) is 0 Å². The summed E-state index contributed by atoms with van der Waals surface area (Å²) in [5.41, 5.74) is 0.484. The molecule has 2 aliphatic rings. The number of sulfonamides is 1. The zero-order valence-electron chi connectivity index (χ0n) is 15.0. The fraction of sp³-hybridized carbons (Fsp3) is 0.556. The molecule has 7 nitrogen and oxygen atoms in total. The number of carbonyl (C=O) groups excluding carboxylic acids is 2. The maximum absolute atomic E-state index is 12.7. The SMILES string of the molecule is CC(=O)c1ccc(S(=O)(=O)N2CCN(C(=O)CNCC3CC3)CC2)cc1. The molecule has 0 radical (unpaired) electrons. The minimum absolute atomic E-state index is 0.0218. The van der Waals surface area contributed by atoms with Crippen LogP contribution in [0, 0.1) is 5.92 Å². The van der Waals surface area contributed by atoms with Gasteiger partial charge in [0.15, 0.2) is 5.78 Å². The first-order chi connectivity index (χ1) is 12.4. The van der Waals surface area contributed by atoms with Gasteiger partial charge in [0, 0.05) is 31.7 Å². The number of rotatable bonds is 7. The molecule has 1 aliphatic heterocycles. The summed E-state index contributed by atoms with van der Waals surface area (Å²) in [4.78, 5) is 25.4. The Morgan fingerprint density at radius 2 is 1.69 bits per heavy atom. The molecule has 142 valence electrons. The van der Waals surface area contributed by atoms with E-state index >= 15 is 0 Å². The second-order valence-corrected chi connectivity index (χ2v) is 8.88.